The first kappa shape index (κ1) is 19.3. The first-order valence-corrected chi connectivity index (χ1v) is 8.10. The molecule has 1 saturated heterocycles. The maximum Gasteiger partial charge on any atom is 0.276 e. The van der Waals surface area contributed by atoms with Crippen LogP contribution in [0.3, 0.4) is 0 Å². The van der Waals surface area contributed by atoms with Crippen LogP contribution in [0.5, 0.6) is 0 Å². The fourth-order valence-corrected chi connectivity index (χ4v) is 3.13. The van der Waals surface area contributed by atoms with Gasteiger partial charge in [0, 0.05) is 36.4 Å². The number of rotatable bonds is 1. The van der Waals surface area contributed by atoms with Crippen molar-refractivity contribution in [3.05, 3.63) is 35.8 Å². The Hall–Kier alpha value is -2.05. The standard InChI is InChI=1S/C17H19N5O.2ClH/c23-16-14(10-12-11-19-15-13(12)6-5-7-18-15)20-17(21-16)22-8-3-1-2-4-9-22;;/h5-7,10-11H,1-4,8-9H2,(H,18,19)(H,20,21,23);2*1H. The van der Waals surface area contributed by atoms with Gasteiger partial charge < -0.3 is 9.88 Å². The van der Waals surface area contributed by atoms with Gasteiger partial charge in [-0.25, -0.2) is 9.98 Å². The number of amides is 1. The van der Waals surface area contributed by atoms with E-state index in [1.807, 2.05) is 24.4 Å². The summed E-state index contributed by atoms with van der Waals surface area (Å²) in [7, 11) is 0. The van der Waals surface area contributed by atoms with E-state index in [4.69, 9.17) is 0 Å². The van der Waals surface area contributed by atoms with Crippen LogP contribution in [0.1, 0.15) is 31.2 Å². The number of carbonyl (C=O) groups is 1. The minimum atomic E-state index is -0.137. The number of likely N-dealkylation sites (tertiary alicyclic amines) is 1. The molecular formula is C17H21Cl2N5O. The van der Waals surface area contributed by atoms with Crippen molar-refractivity contribution in [2.45, 2.75) is 25.7 Å². The molecule has 0 bridgehead atoms. The number of fused-ring (bicyclic) bond motifs is 1. The third-order valence-corrected chi connectivity index (χ3v) is 4.37. The van der Waals surface area contributed by atoms with Crippen LogP contribution in [0.15, 0.2) is 35.2 Å². The van der Waals surface area contributed by atoms with Crippen LogP contribution in [0.2, 0.25) is 0 Å². The van der Waals surface area contributed by atoms with Crippen LogP contribution in [0.25, 0.3) is 17.1 Å². The molecule has 0 aromatic carbocycles. The fourth-order valence-electron chi connectivity index (χ4n) is 3.13. The van der Waals surface area contributed by atoms with E-state index < -0.39 is 0 Å². The summed E-state index contributed by atoms with van der Waals surface area (Å²) < 4.78 is 0. The van der Waals surface area contributed by atoms with Gasteiger partial charge in [-0.15, -0.1) is 24.8 Å². The number of aliphatic imine (C=N–C) groups is 1. The Morgan fingerprint density at radius 2 is 1.88 bits per heavy atom. The normalized spacial score (nSPS) is 19.0. The van der Waals surface area contributed by atoms with Crippen molar-refractivity contribution in [3.63, 3.8) is 0 Å². The van der Waals surface area contributed by atoms with Crippen molar-refractivity contribution in [2.24, 2.45) is 4.99 Å². The van der Waals surface area contributed by atoms with Gasteiger partial charge in [-0.05, 0) is 31.1 Å². The van der Waals surface area contributed by atoms with E-state index in [2.05, 4.69) is 25.2 Å². The van der Waals surface area contributed by atoms with E-state index >= 15 is 0 Å². The molecular weight excluding hydrogens is 361 g/mol. The van der Waals surface area contributed by atoms with Crippen molar-refractivity contribution < 1.29 is 4.79 Å². The van der Waals surface area contributed by atoms with Gasteiger partial charge in [-0.1, -0.05) is 12.8 Å². The third kappa shape index (κ3) is 3.96. The molecule has 0 aliphatic carbocycles. The molecule has 2 N–H and O–H groups in total. The van der Waals surface area contributed by atoms with E-state index in [0.29, 0.717) is 11.7 Å². The van der Waals surface area contributed by atoms with E-state index in [1.54, 1.807) is 6.20 Å². The highest BCUT2D eigenvalue weighted by Crippen LogP contribution is 2.21. The van der Waals surface area contributed by atoms with E-state index in [-0.39, 0.29) is 30.7 Å². The van der Waals surface area contributed by atoms with Crippen LogP contribution in [-0.4, -0.2) is 39.8 Å². The maximum atomic E-state index is 12.2. The number of aromatic nitrogens is 2. The second-order valence-corrected chi connectivity index (χ2v) is 5.96. The molecule has 0 spiro atoms. The summed E-state index contributed by atoms with van der Waals surface area (Å²) in [5.41, 5.74) is 2.20. The van der Waals surface area contributed by atoms with Crippen molar-refractivity contribution >= 4 is 53.8 Å². The lowest BCUT2D eigenvalue weighted by atomic mass is 10.2. The molecule has 134 valence electrons. The quantitative estimate of drug-likeness (QED) is 0.745. The minimum absolute atomic E-state index is 0. The second kappa shape index (κ2) is 8.36. The number of carbonyl (C=O) groups excluding carboxylic acids is 1. The molecule has 6 nitrogen and oxygen atoms in total. The lowest BCUT2D eigenvalue weighted by molar-refractivity contribution is -0.115. The second-order valence-electron chi connectivity index (χ2n) is 5.96. The Morgan fingerprint density at radius 3 is 2.64 bits per heavy atom. The highest BCUT2D eigenvalue weighted by Gasteiger charge is 2.25. The van der Waals surface area contributed by atoms with Crippen LogP contribution in [0.4, 0.5) is 0 Å². The fraction of sp³-hybridized carbons (Fsp3) is 0.353. The number of hydrogen-bond donors (Lipinski definition) is 2. The summed E-state index contributed by atoms with van der Waals surface area (Å²) in [5, 5.41) is 3.90. The topological polar surface area (TPSA) is 73.4 Å². The van der Waals surface area contributed by atoms with Crippen molar-refractivity contribution in [3.8, 4) is 0 Å². The smallest absolute Gasteiger partial charge is 0.276 e. The number of pyridine rings is 1. The SMILES string of the molecule is Cl.Cl.O=C1NC(N2CCCCCC2)=NC1=Cc1c[nH]c2ncccc12. The summed E-state index contributed by atoms with van der Waals surface area (Å²) in [6.07, 6.45) is 10.2. The predicted octanol–water partition coefficient (Wildman–Crippen LogP) is 3.11. The Morgan fingerprint density at radius 1 is 1.12 bits per heavy atom. The van der Waals surface area contributed by atoms with Gasteiger partial charge in [0.2, 0.25) is 5.96 Å². The number of aromatic amines is 1. The van der Waals surface area contributed by atoms with Crippen LogP contribution >= 0.6 is 24.8 Å². The Balaban J connectivity index is 0.00000113. The van der Waals surface area contributed by atoms with Crippen LogP contribution in [-0.2, 0) is 4.79 Å². The summed E-state index contributed by atoms with van der Waals surface area (Å²) in [5.74, 6) is 0.559. The zero-order valence-electron chi connectivity index (χ0n) is 13.7. The number of nitrogens with one attached hydrogen (secondary N) is 2. The van der Waals surface area contributed by atoms with Gasteiger partial charge in [0.15, 0.2) is 0 Å². The molecule has 1 amide bonds. The van der Waals surface area contributed by atoms with Gasteiger partial charge in [0.1, 0.15) is 11.3 Å². The van der Waals surface area contributed by atoms with Crippen molar-refractivity contribution in [1.82, 2.24) is 20.2 Å². The molecule has 1 fully saturated rings. The van der Waals surface area contributed by atoms with Gasteiger partial charge in [0.25, 0.3) is 5.91 Å². The molecule has 2 aliphatic rings. The van der Waals surface area contributed by atoms with Crippen molar-refractivity contribution in [2.75, 3.05) is 13.1 Å². The van der Waals surface area contributed by atoms with Gasteiger partial charge >= 0.3 is 0 Å². The number of hydrogen-bond acceptors (Lipinski definition) is 4. The largest absolute Gasteiger partial charge is 0.346 e. The zero-order valence-corrected chi connectivity index (χ0v) is 15.3. The van der Waals surface area contributed by atoms with Crippen LogP contribution < -0.4 is 5.32 Å². The Kier molecular flexibility index (Phi) is 6.45. The molecule has 25 heavy (non-hydrogen) atoms. The summed E-state index contributed by atoms with van der Waals surface area (Å²) in [6.45, 7) is 1.92. The highest BCUT2D eigenvalue weighted by molar-refractivity contribution is 6.14. The molecule has 2 aromatic rings. The number of nitrogens with zero attached hydrogens (tertiary/aromatic N) is 3. The Labute approximate surface area is 158 Å². The average Bonchev–Trinajstić information content (AvgIpc) is 3.01. The number of guanidine groups is 1. The summed E-state index contributed by atoms with van der Waals surface area (Å²) in [6, 6.07) is 3.87. The van der Waals surface area contributed by atoms with E-state index in [9.17, 15) is 4.79 Å². The molecule has 4 heterocycles. The third-order valence-electron chi connectivity index (χ3n) is 4.37. The van der Waals surface area contributed by atoms with Crippen LogP contribution in [0, 0.1) is 0 Å². The zero-order chi connectivity index (χ0) is 15.6. The lowest BCUT2D eigenvalue weighted by Gasteiger charge is -2.20. The Bertz CT molecular complexity index is 806. The molecule has 4 rings (SSSR count). The van der Waals surface area contributed by atoms with E-state index in [1.165, 1.54) is 12.8 Å². The predicted molar refractivity (Wildman–Crippen MR) is 104 cm³/mol. The molecule has 8 heteroatoms. The van der Waals surface area contributed by atoms with Gasteiger partial charge in [-0.3, -0.25) is 10.1 Å². The van der Waals surface area contributed by atoms with E-state index in [0.717, 1.165) is 42.5 Å². The average molecular weight is 382 g/mol. The molecule has 0 radical (unpaired) electrons. The molecule has 2 aromatic heterocycles. The minimum Gasteiger partial charge on any atom is -0.346 e. The molecule has 0 saturated carbocycles. The lowest BCUT2D eigenvalue weighted by Crippen LogP contribution is -2.40. The molecule has 2 aliphatic heterocycles. The van der Waals surface area contributed by atoms with Gasteiger partial charge in [0.05, 0.1) is 0 Å². The van der Waals surface area contributed by atoms with Gasteiger partial charge in [-0.2, -0.15) is 0 Å². The summed E-state index contributed by atoms with van der Waals surface area (Å²) in [4.78, 5) is 26.3. The molecule has 0 atom stereocenters. The first-order valence-electron chi connectivity index (χ1n) is 8.10. The maximum absolute atomic E-state index is 12.2. The number of halogens is 2. The highest BCUT2D eigenvalue weighted by atomic mass is 35.5. The first-order chi connectivity index (χ1) is 11.3. The van der Waals surface area contributed by atoms with Crippen molar-refractivity contribution in [1.29, 1.82) is 0 Å². The summed E-state index contributed by atoms with van der Waals surface area (Å²) >= 11 is 0. The monoisotopic (exact) mass is 381 g/mol. The molecule has 0 unspecified atom stereocenters. The number of H-pyrrole nitrogens is 1.